The summed E-state index contributed by atoms with van der Waals surface area (Å²) in [6.07, 6.45) is 7.57. The van der Waals surface area contributed by atoms with Crippen LogP contribution >= 0.6 is 15.9 Å². The molecule has 12 heavy (non-hydrogen) atoms. The monoisotopic (exact) mass is 224 g/mol. The predicted molar refractivity (Wildman–Crippen MR) is 50.9 cm³/mol. The molecule has 1 heterocycles. The van der Waals surface area contributed by atoms with E-state index in [1.54, 1.807) is 0 Å². The standard InChI is InChI=1S/C10H9BrO/c1-3-10(4-5-10)9-7(2)6-8(11)12-9/h1,6H,4-5H2,2H3. The molecule has 1 nitrogen and oxygen atoms in total. The zero-order valence-corrected chi connectivity index (χ0v) is 8.44. The minimum Gasteiger partial charge on any atom is -0.452 e. The molecule has 62 valence electrons. The minimum atomic E-state index is -0.0733. The molecule has 0 spiro atoms. The Kier molecular flexibility index (Phi) is 1.59. The van der Waals surface area contributed by atoms with E-state index < -0.39 is 0 Å². The van der Waals surface area contributed by atoms with Crippen LogP contribution in [0.25, 0.3) is 0 Å². The molecular weight excluding hydrogens is 216 g/mol. The molecule has 0 unspecified atom stereocenters. The van der Waals surface area contributed by atoms with Crippen LogP contribution in [0.3, 0.4) is 0 Å². The van der Waals surface area contributed by atoms with Gasteiger partial charge in [0.25, 0.3) is 0 Å². The summed E-state index contributed by atoms with van der Waals surface area (Å²) in [5.41, 5.74) is 1.08. The summed E-state index contributed by atoms with van der Waals surface area (Å²) >= 11 is 3.30. The molecule has 0 saturated heterocycles. The lowest BCUT2D eigenvalue weighted by molar-refractivity contribution is 0.466. The van der Waals surface area contributed by atoms with Gasteiger partial charge in [-0.05, 0) is 47.3 Å². The van der Waals surface area contributed by atoms with Gasteiger partial charge in [0, 0.05) is 0 Å². The summed E-state index contributed by atoms with van der Waals surface area (Å²) in [7, 11) is 0. The first-order chi connectivity index (χ1) is 5.68. The Hall–Kier alpha value is -0.680. The van der Waals surface area contributed by atoms with Gasteiger partial charge in [-0.1, -0.05) is 5.92 Å². The summed E-state index contributed by atoms with van der Waals surface area (Å²) in [5.74, 6) is 3.78. The largest absolute Gasteiger partial charge is 0.452 e. The van der Waals surface area contributed by atoms with E-state index in [1.165, 1.54) is 0 Å². The maximum atomic E-state index is 5.51. The van der Waals surface area contributed by atoms with Crippen molar-refractivity contribution >= 4 is 15.9 Å². The van der Waals surface area contributed by atoms with Crippen molar-refractivity contribution < 1.29 is 4.42 Å². The number of hydrogen-bond donors (Lipinski definition) is 0. The second-order valence-electron chi connectivity index (χ2n) is 3.29. The lowest BCUT2D eigenvalue weighted by Gasteiger charge is -2.03. The van der Waals surface area contributed by atoms with E-state index >= 15 is 0 Å². The third-order valence-corrected chi connectivity index (χ3v) is 2.74. The van der Waals surface area contributed by atoms with Crippen molar-refractivity contribution in [1.29, 1.82) is 0 Å². The van der Waals surface area contributed by atoms with Gasteiger partial charge < -0.3 is 4.42 Å². The molecule has 0 amide bonds. The molecule has 0 atom stereocenters. The Morgan fingerprint density at radius 3 is 2.67 bits per heavy atom. The lowest BCUT2D eigenvalue weighted by atomic mass is 10.0. The minimum absolute atomic E-state index is 0.0733. The molecule has 1 aliphatic carbocycles. The van der Waals surface area contributed by atoms with E-state index in [0.29, 0.717) is 0 Å². The van der Waals surface area contributed by atoms with Crippen molar-refractivity contribution in [3.8, 4) is 12.3 Å². The van der Waals surface area contributed by atoms with Gasteiger partial charge in [-0.25, -0.2) is 0 Å². The van der Waals surface area contributed by atoms with Gasteiger partial charge in [-0.3, -0.25) is 0 Å². The average Bonchev–Trinajstić information content (AvgIpc) is 2.74. The Balaban J connectivity index is 2.48. The molecular formula is C10H9BrO. The van der Waals surface area contributed by atoms with Gasteiger partial charge in [-0.15, -0.1) is 6.42 Å². The average molecular weight is 225 g/mol. The van der Waals surface area contributed by atoms with Crippen LogP contribution in [0.5, 0.6) is 0 Å². The molecule has 1 aromatic heterocycles. The van der Waals surface area contributed by atoms with Gasteiger partial charge in [0.1, 0.15) is 5.76 Å². The maximum absolute atomic E-state index is 5.51. The van der Waals surface area contributed by atoms with E-state index in [-0.39, 0.29) is 5.41 Å². The third-order valence-electron chi connectivity index (χ3n) is 2.35. The van der Waals surface area contributed by atoms with E-state index in [2.05, 4.69) is 21.9 Å². The SMILES string of the molecule is C#CC1(c2oc(Br)cc2C)CC1. The number of rotatable bonds is 1. The van der Waals surface area contributed by atoms with Crippen LogP contribution in [-0.2, 0) is 5.41 Å². The van der Waals surface area contributed by atoms with Crippen molar-refractivity contribution in [1.82, 2.24) is 0 Å². The molecule has 2 heteroatoms. The molecule has 1 aromatic rings. The van der Waals surface area contributed by atoms with Gasteiger partial charge in [0.2, 0.25) is 0 Å². The van der Waals surface area contributed by atoms with Crippen LogP contribution in [0, 0.1) is 19.3 Å². The third kappa shape index (κ3) is 1.01. The molecule has 0 aliphatic heterocycles. The number of halogens is 1. The van der Waals surface area contributed by atoms with E-state index in [1.807, 2.05) is 13.0 Å². The van der Waals surface area contributed by atoms with E-state index in [0.717, 1.165) is 28.8 Å². The van der Waals surface area contributed by atoms with Crippen LogP contribution in [0.1, 0.15) is 24.2 Å². The highest BCUT2D eigenvalue weighted by Crippen LogP contribution is 2.49. The number of aryl methyl sites for hydroxylation is 1. The number of furan rings is 1. The van der Waals surface area contributed by atoms with Gasteiger partial charge in [0.05, 0.1) is 5.41 Å². The summed E-state index contributed by atoms with van der Waals surface area (Å²) in [6.45, 7) is 2.03. The highest BCUT2D eigenvalue weighted by atomic mass is 79.9. The summed E-state index contributed by atoms with van der Waals surface area (Å²) in [6, 6.07) is 1.97. The van der Waals surface area contributed by atoms with Crippen molar-refractivity contribution in [3.05, 3.63) is 22.1 Å². The Labute approximate surface area is 80.3 Å². The first-order valence-electron chi connectivity index (χ1n) is 3.92. The molecule has 1 fully saturated rings. The fourth-order valence-corrected chi connectivity index (χ4v) is 1.99. The molecule has 0 bridgehead atoms. The van der Waals surface area contributed by atoms with Gasteiger partial charge in [-0.2, -0.15) is 0 Å². The summed E-state index contributed by atoms with van der Waals surface area (Å²) in [4.78, 5) is 0. The Bertz CT molecular complexity index is 352. The highest BCUT2D eigenvalue weighted by molar-refractivity contribution is 9.10. The fourth-order valence-electron chi connectivity index (χ4n) is 1.48. The van der Waals surface area contributed by atoms with Crippen LogP contribution in [0.2, 0.25) is 0 Å². The van der Waals surface area contributed by atoms with Gasteiger partial charge >= 0.3 is 0 Å². The zero-order valence-electron chi connectivity index (χ0n) is 6.86. The van der Waals surface area contributed by atoms with Crippen LogP contribution in [-0.4, -0.2) is 0 Å². The molecule has 0 N–H and O–H groups in total. The van der Waals surface area contributed by atoms with Crippen molar-refractivity contribution in [3.63, 3.8) is 0 Å². The second kappa shape index (κ2) is 2.40. The number of terminal acetylenes is 1. The molecule has 0 radical (unpaired) electrons. The van der Waals surface area contributed by atoms with Crippen molar-refractivity contribution in [2.75, 3.05) is 0 Å². The highest BCUT2D eigenvalue weighted by Gasteiger charge is 2.46. The Morgan fingerprint density at radius 2 is 2.33 bits per heavy atom. The zero-order chi connectivity index (χ0) is 8.77. The van der Waals surface area contributed by atoms with Crippen LogP contribution in [0.15, 0.2) is 15.2 Å². The van der Waals surface area contributed by atoms with Crippen LogP contribution < -0.4 is 0 Å². The van der Waals surface area contributed by atoms with E-state index in [4.69, 9.17) is 10.8 Å². The predicted octanol–water partition coefficient (Wildman–Crippen LogP) is 3.02. The smallest absolute Gasteiger partial charge is 0.169 e. The van der Waals surface area contributed by atoms with Crippen molar-refractivity contribution in [2.45, 2.75) is 25.2 Å². The Morgan fingerprint density at radius 1 is 1.67 bits per heavy atom. The molecule has 0 aromatic carbocycles. The summed E-state index contributed by atoms with van der Waals surface area (Å²) in [5, 5.41) is 0. The normalized spacial score (nSPS) is 18.8. The van der Waals surface area contributed by atoms with Crippen LogP contribution in [0.4, 0.5) is 0 Å². The van der Waals surface area contributed by atoms with Crippen molar-refractivity contribution in [2.24, 2.45) is 0 Å². The van der Waals surface area contributed by atoms with Gasteiger partial charge in [0.15, 0.2) is 4.67 Å². The quantitative estimate of drug-likeness (QED) is 0.669. The molecule has 2 rings (SSSR count). The number of hydrogen-bond acceptors (Lipinski definition) is 1. The lowest BCUT2D eigenvalue weighted by Crippen LogP contribution is -2.01. The maximum Gasteiger partial charge on any atom is 0.169 e. The van der Waals surface area contributed by atoms with E-state index in [9.17, 15) is 0 Å². The fraction of sp³-hybridized carbons (Fsp3) is 0.400. The molecule has 1 saturated carbocycles. The second-order valence-corrected chi connectivity index (χ2v) is 4.07. The summed E-state index contributed by atoms with van der Waals surface area (Å²) < 4.78 is 6.28. The topological polar surface area (TPSA) is 13.1 Å². The first-order valence-corrected chi connectivity index (χ1v) is 4.71. The molecule has 1 aliphatic rings. The first kappa shape index (κ1) is 7.94.